The highest BCUT2D eigenvalue weighted by Crippen LogP contribution is 2.39. The van der Waals surface area contributed by atoms with E-state index in [1.165, 1.54) is 11.8 Å². The standard InChI is InChI=1S/C23H24N2O4S/c1-14(2)24-23-25(18-7-5-4-6-15(18)3)22(27)21(30-23)11-16-8-9-19-20(10-16)28-13-17(12-26)29-19/h4-11,14,17,26H,12-13H2,1-3H3/b21-11-,24-23?. The molecular weight excluding hydrogens is 400 g/mol. The van der Waals surface area contributed by atoms with E-state index in [0.29, 0.717) is 28.2 Å². The number of aryl methyl sites for hydroxylation is 1. The lowest BCUT2D eigenvalue weighted by molar-refractivity contribution is -0.113. The zero-order chi connectivity index (χ0) is 21.3. The Morgan fingerprint density at radius 3 is 2.80 bits per heavy atom. The molecule has 0 aliphatic carbocycles. The molecule has 156 valence electrons. The van der Waals surface area contributed by atoms with Crippen LogP contribution in [-0.2, 0) is 4.79 Å². The lowest BCUT2D eigenvalue weighted by Gasteiger charge is -2.25. The van der Waals surface area contributed by atoms with Crippen LogP contribution in [0.3, 0.4) is 0 Å². The predicted octanol–water partition coefficient (Wildman–Crippen LogP) is 4.01. The Morgan fingerprint density at radius 2 is 2.07 bits per heavy atom. The molecule has 2 aliphatic heterocycles. The maximum atomic E-state index is 13.3. The number of amides is 1. The number of hydrogen-bond donors (Lipinski definition) is 1. The molecule has 2 heterocycles. The van der Waals surface area contributed by atoms with Crippen molar-refractivity contribution in [3.63, 3.8) is 0 Å². The van der Waals surface area contributed by atoms with Crippen molar-refractivity contribution >= 4 is 34.6 Å². The van der Waals surface area contributed by atoms with E-state index >= 15 is 0 Å². The quantitative estimate of drug-likeness (QED) is 0.751. The molecule has 2 aromatic rings. The van der Waals surface area contributed by atoms with Crippen molar-refractivity contribution in [3.8, 4) is 11.5 Å². The summed E-state index contributed by atoms with van der Waals surface area (Å²) >= 11 is 1.38. The van der Waals surface area contributed by atoms with Crippen LogP contribution in [0.1, 0.15) is 25.0 Å². The van der Waals surface area contributed by atoms with Crippen LogP contribution >= 0.6 is 11.8 Å². The number of aliphatic hydroxyl groups excluding tert-OH is 1. The molecule has 1 atom stereocenters. The highest BCUT2D eigenvalue weighted by Gasteiger charge is 2.35. The summed E-state index contributed by atoms with van der Waals surface area (Å²) < 4.78 is 11.4. The molecule has 30 heavy (non-hydrogen) atoms. The van der Waals surface area contributed by atoms with Gasteiger partial charge in [0.1, 0.15) is 6.61 Å². The molecule has 0 bridgehead atoms. The van der Waals surface area contributed by atoms with Crippen LogP contribution in [0.15, 0.2) is 52.4 Å². The molecule has 1 N–H and O–H groups in total. The summed E-state index contributed by atoms with van der Waals surface area (Å²) in [6.45, 7) is 6.18. The smallest absolute Gasteiger partial charge is 0.271 e. The number of amidine groups is 1. The number of aliphatic imine (C=N–C) groups is 1. The Labute approximate surface area is 180 Å². The van der Waals surface area contributed by atoms with Crippen LogP contribution in [0.5, 0.6) is 11.5 Å². The zero-order valence-electron chi connectivity index (χ0n) is 17.2. The van der Waals surface area contributed by atoms with Crippen molar-refractivity contribution in [1.29, 1.82) is 0 Å². The van der Waals surface area contributed by atoms with E-state index in [2.05, 4.69) is 4.99 Å². The Bertz CT molecular complexity index is 1030. The molecule has 1 unspecified atom stereocenters. The van der Waals surface area contributed by atoms with E-state index in [-0.39, 0.29) is 24.7 Å². The number of rotatable bonds is 4. The number of anilines is 1. The minimum absolute atomic E-state index is 0.0694. The second kappa shape index (κ2) is 8.53. The number of carbonyl (C=O) groups is 1. The van der Waals surface area contributed by atoms with Crippen molar-refractivity contribution in [2.45, 2.75) is 32.9 Å². The number of aliphatic hydroxyl groups is 1. The van der Waals surface area contributed by atoms with Crippen molar-refractivity contribution in [3.05, 3.63) is 58.5 Å². The van der Waals surface area contributed by atoms with Crippen LogP contribution in [0.2, 0.25) is 0 Å². The third kappa shape index (κ3) is 4.08. The fourth-order valence-electron chi connectivity index (χ4n) is 3.27. The molecule has 1 fully saturated rings. The first-order chi connectivity index (χ1) is 14.5. The highest BCUT2D eigenvalue weighted by molar-refractivity contribution is 8.19. The minimum atomic E-state index is -0.355. The molecule has 0 saturated carbocycles. The number of benzene rings is 2. The van der Waals surface area contributed by atoms with E-state index in [1.807, 2.05) is 63.2 Å². The second-order valence-corrected chi connectivity index (χ2v) is 8.49. The van der Waals surface area contributed by atoms with E-state index in [4.69, 9.17) is 9.47 Å². The fraction of sp³-hybridized carbons (Fsp3) is 0.304. The van der Waals surface area contributed by atoms with Gasteiger partial charge in [-0.25, -0.2) is 0 Å². The SMILES string of the molecule is Cc1ccccc1N1C(=O)/C(=C/c2ccc3c(c2)OCC(CO)O3)SC1=NC(C)C. The predicted molar refractivity (Wildman–Crippen MR) is 120 cm³/mol. The van der Waals surface area contributed by atoms with E-state index < -0.39 is 0 Å². The summed E-state index contributed by atoms with van der Waals surface area (Å²) in [7, 11) is 0. The fourth-order valence-corrected chi connectivity index (χ4v) is 4.38. The largest absolute Gasteiger partial charge is 0.486 e. The van der Waals surface area contributed by atoms with Crippen LogP contribution in [-0.4, -0.2) is 41.5 Å². The van der Waals surface area contributed by atoms with Gasteiger partial charge in [0.15, 0.2) is 22.8 Å². The molecule has 7 heteroatoms. The summed E-state index contributed by atoms with van der Waals surface area (Å²) in [6, 6.07) is 13.4. The average molecular weight is 425 g/mol. The molecule has 4 rings (SSSR count). The molecule has 0 spiro atoms. The molecule has 1 saturated heterocycles. The Hall–Kier alpha value is -2.77. The van der Waals surface area contributed by atoms with Crippen molar-refractivity contribution in [1.82, 2.24) is 0 Å². The van der Waals surface area contributed by atoms with Gasteiger partial charge in [0, 0.05) is 6.04 Å². The molecule has 0 aromatic heterocycles. The Balaban J connectivity index is 1.67. The summed E-state index contributed by atoms with van der Waals surface area (Å²) in [4.78, 5) is 20.3. The van der Waals surface area contributed by atoms with Gasteiger partial charge in [-0.15, -0.1) is 0 Å². The molecular formula is C23H24N2O4S. The summed E-state index contributed by atoms with van der Waals surface area (Å²) in [5, 5.41) is 9.92. The van der Waals surface area contributed by atoms with Crippen LogP contribution < -0.4 is 14.4 Å². The molecule has 2 aliphatic rings. The number of para-hydroxylation sites is 1. The van der Waals surface area contributed by atoms with E-state index in [9.17, 15) is 9.90 Å². The average Bonchev–Trinajstić information content (AvgIpc) is 3.02. The van der Waals surface area contributed by atoms with Gasteiger partial charge in [0.2, 0.25) is 0 Å². The first-order valence-electron chi connectivity index (χ1n) is 9.88. The molecule has 6 nitrogen and oxygen atoms in total. The van der Waals surface area contributed by atoms with Gasteiger partial charge in [0.05, 0.1) is 17.2 Å². The molecule has 0 radical (unpaired) electrons. The van der Waals surface area contributed by atoms with Gasteiger partial charge in [-0.2, -0.15) is 0 Å². The minimum Gasteiger partial charge on any atom is -0.486 e. The normalized spacial score (nSPS) is 21.2. The molecule has 1 amide bonds. The maximum Gasteiger partial charge on any atom is 0.271 e. The third-order valence-electron chi connectivity index (χ3n) is 4.72. The number of hydrogen-bond acceptors (Lipinski definition) is 6. The van der Waals surface area contributed by atoms with Gasteiger partial charge < -0.3 is 14.6 Å². The zero-order valence-corrected chi connectivity index (χ0v) is 18.0. The summed E-state index contributed by atoms with van der Waals surface area (Å²) in [6.07, 6.45) is 1.49. The maximum absolute atomic E-state index is 13.3. The van der Waals surface area contributed by atoms with Gasteiger partial charge in [-0.1, -0.05) is 24.3 Å². The van der Waals surface area contributed by atoms with Gasteiger partial charge in [-0.3, -0.25) is 14.7 Å². The van der Waals surface area contributed by atoms with Gasteiger partial charge in [-0.05, 0) is 67.9 Å². The lowest BCUT2D eigenvalue weighted by atomic mass is 10.1. The van der Waals surface area contributed by atoms with Crippen molar-refractivity contribution in [2.24, 2.45) is 4.99 Å². The second-order valence-electron chi connectivity index (χ2n) is 7.48. The van der Waals surface area contributed by atoms with Crippen LogP contribution in [0.4, 0.5) is 5.69 Å². The first-order valence-corrected chi connectivity index (χ1v) is 10.7. The number of nitrogens with zero attached hydrogens (tertiary/aromatic N) is 2. The van der Waals surface area contributed by atoms with Gasteiger partial charge >= 0.3 is 0 Å². The Kier molecular flexibility index (Phi) is 5.83. The molecule has 2 aromatic carbocycles. The number of carbonyl (C=O) groups excluding carboxylic acids is 1. The van der Waals surface area contributed by atoms with Crippen LogP contribution in [0, 0.1) is 6.92 Å². The topological polar surface area (TPSA) is 71.4 Å². The van der Waals surface area contributed by atoms with Gasteiger partial charge in [0.25, 0.3) is 5.91 Å². The van der Waals surface area contributed by atoms with Crippen LogP contribution in [0.25, 0.3) is 6.08 Å². The summed E-state index contributed by atoms with van der Waals surface area (Å²) in [5.41, 5.74) is 2.70. The number of ether oxygens (including phenoxy) is 2. The third-order valence-corrected chi connectivity index (χ3v) is 5.70. The first kappa shape index (κ1) is 20.5. The monoisotopic (exact) mass is 424 g/mol. The van der Waals surface area contributed by atoms with E-state index in [0.717, 1.165) is 16.8 Å². The van der Waals surface area contributed by atoms with Crippen molar-refractivity contribution in [2.75, 3.05) is 18.1 Å². The Morgan fingerprint density at radius 1 is 1.27 bits per heavy atom. The van der Waals surface area contributed by atoms with E-state index in [1.54, 1.807) is 11.0 Å². The number of fused-ring (bicyclic) bond motifs is 1. The number of thioether (sulfide) groups is 1. The highest BCUT2D eigenvalue weighted by atomic mass is 32.2. The van der Waals surface area contributed by atoms with Crippen molar-refractivity contribution < 1.29 is 19.4 Å². The summed E-state index contributed by atoms with van der Waals surface area (Å²) in [5.74, 6) is 1.11. The lowest BCUT2D eigenvalue weighted by Crippen LogP contribution is -2.32.